The molecule has 0 bridgehead atoms. The minimum Gasteiger partial charge on any atom is -0.308 e. The van der Waals surface area contributed by atoms with Gasteiger partial charge in [0.05, 0.1) is 11.1 Å². The lowest BCUT2D eigenvalue weighted by molar-refractivity contribution is 0.0505. The molecule has 2 amide bonds. The van der Waals surface area contributed by atoms with Crippen molar-refractivity contribution in [2.24, 2.45) is 0 Å². The summed E-state index contributed by atoms with van der Waals surface area (Å²) in [7, 11) is 6.36. The Balaban J connectivity index is 1.60. The fraction of sp³-hybridized carbons (Fsp3) is 0.579. The average molecular weight is 329 g/mol. The average Bonchev–Trinajstić information content (AvgIpc) is 2.84. The Morgan fingerprint density at radius 3 is 1.96 bits per heavy atom. The highest BCUT2D eigenvalue weighted by atomic mass is 16.2. The van der Waals surface area contributed by atoms with Gasteiger partial charge in [-0.1, -0.05) is 12.1 Å². The summed E-state index contributed by atoms with van der Waals surface area (Å²) in [4.78, 5) is 31.3. The number of benzene rings is 1. The molecule has 0 atom stereocenters. The number of hydrogen-bond acceptors (Lipinski definition) is 4. The number of amides is 2. The Labute approximate surface area is 144 Å². The highest BCUT2D eigenvalue weighted by molar-refractivity contribution is 6.21. The Bertz CT molecular complexity index is 586. The first-order chi connectivity index (χ1) is 11.5. The number of fused-ring (bicyclic) bond motifs is 1. The van der Waals surface area contributed by atoms with E-state index in [1.165, 1.54) is 4.90 Å². The fourth-order valence-electron chi connectivity index (χ4n) is 3.84. The Kier molecular flexibility index (Phi) is 5.01. The van der Waals surface area contributed by atoms with Crippen molar-refractivity contribution in [2.45, 2.75) is 37.8 Å². The van der Waals surface area contributed by atoms with Crippen molar-refractivity contribution in [3.05, 3.63) is 35.4 Å². The van der Waals surface area contributed by atoms with Crippen molar-refractivity contribution in [1.82, 2.24) is 14.7 Å². The van der Waals surface area contributed by atoms with E-state index in [2.05, 4.69) is 30.9 Å². The summed E-state index contributed by atoms with van der Waals surface area (Å²) in [5.41, 5.74) is 1.13. The predicted octanol–water partition coefficient (Wildman–Crippen LogP) is 2.09. The molecule has 1 fully saturated rings. The van der Waals surface area contributed by atoms with Crippen molar-refractivity contribution in [3.8, 4) is 0 Å². The molecule has 3 rings (SSSR count). The van der Waals surface area contributed by atoms with Gasteiger partial charge in [0.25, 0.3) is 11.8 Å². The maximum absolute atomic E-state index is 12.6. The normalized spacial score (nSPS) is 24.1. The summed E-state index contributed by atoms with van der Waals surface area (Å²) in [6.45, 7) is 2.10. The minimum absolute atomic E-state index is 0.0518. The summed E-state index contributed by atoms with van der Waals surface area (Å²) in [5.74, 6) is -0.222. The van der Waals surface area contributed by atoms with E-state index in [1.54, 1.807) is 12.1 Å². The topological polar surface area (TPSA) is 43.9 Å². The molecule has 0 aromatic heterocycles. The van der Waals surface area contributed by atoms with Gasteiger partial charge < -0.3 is 9.80 Å². The molecule has 130 valence electrons. The smallest absolute Gasteiger partial charge is 0.261 e. The van der Waals surface area contributed by atoms with Crippen LogP contribution in [0.4, 0.5) is 0 Å². The van der Waals surface area contributed by atoms with E-state index >= 15 is 0 Å². The van der Waals surface area contributed by atoms with E-state index in [4.69, 9.17) is 0 Å². The molecule has 1 heterocycles. The monoisotopic (exact) mass is 329 g/mol. The van der Waals surface area contributed by atoms with Crippen LogP contribution in [-0.2, 0) is 0 Å². The molecule has 1 aromatic carbocycles. The van der Waals surface area contributed by atoms with Crippen LogP contribution in [0.1, 0.15) is 46.4 Å². The molecule has 1 aliphatic carbocycles. The second-order valence-electron chi connectivity index (χ2n) is 7.27. The molecule has 1 aliphatic heterocycles. The molecule has 0 N–H and O–H groups in total. The third kappa shape index (κ3) is 3.23. The number of likely N-dealkylation sites (N-methyl/N-ethyl adjacent to an activating group) is 2. The zero-order valence-corrected chi connectivity index (χ0v) is 14.9. The molecular formula is C19H27N3O2. The summed E-state index contributed by atoms with van der Waals surface area (Å²) in [6, 6.07) is 7.77. The third-order valence-electron chi connectivity index (χ3n) is 5.38. The fourth-order valence-corrected chi connectivity index (χ4v) is 3.84. The SMILES string of the molecule is CN(C)CCN(C)C1CCC(N2C(=O)c3ccccc3C2=O)CC1. The van der Waals surface area contributed by atoms with E-state index < -0.39 is 0 Å². The van der Waals surface area contributed by atoms with Gasteiger partial charge in [0, 0.05) is 25.2 Å². The number of hydrogen-bond donors (Lipinski definition) is 0. The summed E-state index contributed by atoms with van der Waals surface area (Å²) in [5, 5.41) is 0. The molecule has 0 radical (unpaired) electrons. The van der Waals surface area contributed by atoms with Crippen LogP contribution in [0.2, 0.25) is 0 Å². The van der Waals surface area contributed by atoms with Gasteiger partial charge in [0.15, 0.2) is 0 Å². The number of rotatable bonds is 5. The van der Waals surface area contributed by atoms with Crippen molar-refractivity contribution < 1.29 is 9.59 Å². The van der Waals surface area contributed by atoms with Crippen LogP contribution in [0.15, 0.2) is 24.3 Å². The van der Waals surface area contributed by atoms with Crippen molar-refractivity contribution in [2.75, 3.05) is 34.2 Å². The Morgan fingerprint density at radius 1 is 0.917 bits per heavy atom. The van der Waals surface area contributed by atoms with Crippen molar-refractivity contribution in [3.63, 3.8) is 0 Å². The second kappa shape index (κ2) is 7.03. The summed E-state index contributed by atoms with van der Waals surface area (Å²) < 4.78 is 0. The van der Waals surface area contributed by atoms with E-state index in [-0.39, 0.29) is 17.9 Å². The van der Waals surface area contributed by atoms with E-state index in [0.717, 1.165) is 38.8 Å². The molecule has 24 heavy (non-hydrogen) atoms. The second-order valence-corrected chi connectivity index (χ2v) is 7.27. The number of imide groups is 1. The maximum atomic E-state index is 12.6. The van der Waals surface area contributed by atoms with Gasteiger partial charge in [-0.2, -0.15) is 0 Å². The quantitative estimate of drug-likeness (QED) is 0.776. The highest BCUT2D eigenvalue weighted by Crippen LogP contribution is 2.32. The minimum atomic E-state index is -0.111. The highest BCUT2D eigenvalue weighted by Gasteiger charge is 2.41. The van der Waals surface area contributed by atoms with E-state index in [0.29, 0.717) is 17.2 Å². The van der Waals surface area contributed by atoms with Gasteiger partial charge in [-0.15, -0.1) is 0 Å². The molecule has 0 spiro atoms. The standard InChI is InChI=1S/C19H27N3O2/c1-20(2)12-13-21(3)14-8-10-15(11-9-14)22-18(23)16-6-4-5-7-17(16)19(22)24/h4-7,14-15H,8-13H2,1-3H3. The van der Waals surface area contributed by atoms with Crippen LogP contribution in [0.5, 0.6) is 0 Å². The lowest BCUT2D eigenvalue weighted by atomic mass is 9.89. The van der Waals surface area contributed by atoms with Crippen molar-refractivity contribution >= 4 is 11.8 Å². The molecule has 2 aliphatic rings. The molecule has 0 saturated heterocycles. The third-order valence-corrected chi connectivity index (χ3v) is 5.38. The summed E-state index contributed by atoms with van der Waals surface area (Å²) in [6.07, 6.45) is 3.90. The maximum Gasteiger partial charge on any atom is 0.261 e. The van der Waals surface area contributed by atoms with Crippen molar-refractivity contribution in [1.29, 1.82) is 0 Å². The van der Waals surface area contributed by atoms with Gasteiger partial charge in [0.2, 0.25) is 0 Å². The van der Waals surface area contributed by atoms with E-state index in [1.807, 2.05) is 12.1 Å². The van der Waals surface area contributed by atoms with Gasteiger partial charge in [-0.3, -0.25) is 14.5 Å². The van der Waals surface area contributed by atoms with Gasteiger partial charge in [0.1, 0.15) is 0 Å². The largest absolute Gasteiger partial charge is 0.308 e. The van der Waals surface area contributed by atoms with Crippen LogP contribution >= 0.6 is 0 Å². The molecule has 5 heteroatoms. The van der Waals surface area contributed by atoms with Gasteiger partial charge in [-0.05, 0) is 59.0 Å². The zero-order valence-electron chi connectivity index (χ0n) is 14.9. The lowest BCUT2D eigenvalue weighted by Crippen LogP contribution is -2.46. The molecule has 0 unspecified atom stereocenters. The number of carbonyl (C=O) groups is 2. The van der Waals surface area contributed by atoms with Gasteiger partial charge >= 0.3 is 0 Å². The van der Waals surface area contributed by atoms with Crippen LogP contribution in [0, 0.1) is 0 Å². The lowest BCUT2D eigenvalue weighted by Gasteiger charge is -2.37. The molecule has 5 nitrogen and oxygen atoms in total. The van der Waals surface area contributed by atoms with Crippen LogP contribution in [0.25, 0.3) is 0 Å². The molecular weight excluding hydrogens is 302 g/mol. The first-order valence-electron chi connectivity index (χ1n) is 8.81. The first kappa shape index (κ1) is 17.1. The summed E-state index contributed by atoms with van der Waals surface area (Å²) >= 11 is 0. The molecule has 1 aromatic rings. The van der Waals surface area contributed by atoms with Gasteiger partial charge in [-0.25, -0.2) is 0 Å². The van der Waals surface area contributed by atoms with E-state index in [9.17, 15) is 9.59 Å². The number of nitrogens with zero attached hydrogens (tertiary/aromatic N) is 3. The van der Waals surface area contributed by atoms with Crippen LogP contribution < -0.4 is 0 Å². The first-order valence-corrected chi connectivity index (χ1v) is 8.81. The van der Waals surface area contributed by atoms with Crippen LogP contribution in [-0.4, -0.2) is 72.8 Å². The number of carbonyl (C=O) groups excluding carboxylic acids is 2. The molecule has 1 saturated carbocycles. The van der Waals surface area contributed by atoms with Crippen LogP contribution in [0.3, 0.4) is 0 Å². The predicted molar refractivity (Wildman–Crippen MR) is 94.2 cm³/mol. The Morgan fingerprint density at radius 2 is 1.46 bits per heavy atom. The zero-order chi connectivity index (χ0) is 17.3. The Hall–Kier alpha value is -1.72.